The molecule has 8 heteroatoms. The van der Waals surface area contributed by atoms with Crippen LogP contribution in [0.2, 0.25) is 0 Å². The second-order valence-corrected chi connectivity index (χ2v) is 7.89. The number of methoxy groups -OCH3 is 2. The van der Waals surface area contributed by atoms with Crippen LogP contribution in [0.4, 0.5) is 5.69 Å². The lowest BCUT2D eigenvalue weighted by Gasteiger charge is -2.11. The monoisotopic (exact) mass is 476 g/mol. The lowest BCUT2D eigenvalue weighted by Crippen LogP contribution is -2.23. The Balaban J connectivity index is 1.90. The summed E-state index contributed by atoms with van der Waals surface area (Å²) in [4.78, 5) is 19.4. The Labute approximate surface area is 182 Å². The van der Waals surface area contributed by atoms with Crippen molar-refractivity contribution in [3.63, 3.8) is 0 Å². The molecule has 0 spiro atoms. The lowest BCUT2D eigenvalue weighted by molar-refractivity contribution is -0.121. The normalized spacial score (nSPS) is 16.6. The minimum absolute atomic E-state index is 0.109. The largest absolute Gasteiger partial charge is 0.497 e. The van der Waals surface area contributed by atoms with Crippen molar-refractivity contribution in [3.05, 3.63) is 51.3 Å². The summed E-state index contributed by atoms with van der Waals surface area (Å²) in [5, 5.41) is 0.612. The number of amidine groups is 1. The van der Waals surface area contributed by atoms with Crippen molar-refractivity contribution in [2.75, 3.05) is 27.9 Å². The Hall–Kier alpha value is -2.45. The van der Waals surface area contributed by atoms with E-state index in [9.17, 15) is 4.79 Å². The zero-order valence-corrected chi connectivity index (χ0v) is 19.0. The highest BCUT2D eigenvalue weighted by Gasteiger charge is 2.30. The number of carbonyl (C=O) groups excluding carboxylic acids is 1. The van der Waals surface area contributed by atoms with Gasteiger partial charge in [-0.1, -0.05) is 15.9 Å². The van der Waals surface area contributed by atoms with Crippen LogP contribution in [-0.2, 0) is 4.79 Å². The molecule has 152 valence electrons. The van der Waals surface area contributed by atoms with Gasteiger partial charge in [0.1, 0.15) is 5.75 Å². The third kappa shape index (κ3) is 4.76. The number of likely N-dealkylation sites (N-methyl/N-ethyl adjacent to an activating group) is 1. The Bertz CT molecular complexity index is 973. The summed E-state index contributed by atoms with van der Waals surface area (Å²) >= 11 is 4.88. The first kappa shape index (κ1) is 21.3. The standard InChI is InChI=1S/C21H21BrN2O4S/c1-5-28-18-12-16(22)13(10-17(18)27-4)11-19-20(25)24(2)21(29-19)23-14-6-8-15(26-3)9-7-14/h6-12H,5H2,1-4H3/b19-11-,23-21?. The van der Waals surface area contributed by atoms with Crippen molar-refractivity contribution in [2.24, 2.45) is 4.99 Å². The fraction of sp³-hybridized carbons (Fsp3) is 0.238. The molecule has 3 rings (SSSR count). The van der Waals surface area contributed by atoms with Gasteiger partial charge in [0.25, 0.3) is 5.91 Å². The molecular formula is C21H21BrN2O4S. The number of halogens is 1. The zero-order chi connectivity index (χ0) is 21.0. The van der Waals surface area contributed by atoms with E-state index in [1.165, 1.54) is 11.8 Å². The number of amides is 1. The van der Waals surface area contributed by atoms with E-state index in [1.807, 2.05) is 49.4 Å². The molecule has 2 aromatic carbocycles. The van der Waals surface area contributed by atoms with Crippen LogP contribution in [0.1, 0.15) is 12.5 Å². The molecule has 1 aliphatic rings. The highest BCUT2D eigenvalue weighted by atomic mass is 79.9. The number of thioether (sulfide) groups is 1. The van der Waals surface area contributed by atoms with Gasteiger partial charge in [-0.05, 0) is 66.7 Å². The first-order valence-corrected chi connectivity index (χ1v) is 10.5. The first-order valence-electron chi connectivity index (χ1n) is 8.87. The van der Waals surface area contributed by atoms with E-state index >= 15 is 0 Å². The number of rotatable bonds is 6. The Morgan fingerprint density at radius 2 is 1.86 bits per heavy atom. The molecule has 1 aliphatic heterocycles. The van der Waals surface area contributed by atoms with Crippen LogP contribution in [0.15, 0.2) is 50.8 Å². The predicted molar refractivity (Wildman–Crippen MR) is 120 cm³/mol. The van der Waals surface area contributed by atoms with Gasteiger partial charge in [0, 0.05) is 11.5 Å². The molecule has 0 aliphatic carbocycles. The van der Waals surface area contributed by atoms with Gasteiger partial charge < -0.3 is 14.2 Å². The van der Waals surface area contributed by atoms with E-state index in [0.29, 0.717) is 28.2 Å². The molecule has 0 radical (unpaired) electrons. The molecule has 0 aromatic heterocycles. The average molecular weight is 477 g/mol. The van der Waals surface area contributed by atoms with Crippen molar-refractivity contribution in [2.45, 2.75) is 6.92 Å². The molecule has 6 nitrogen and oxygen atoms in total. The topological polar surface area (TPSA) is 60.4 Å². The van der Waals surface area contributed by atoms with Crippen molar-refractivity contribution < 1.29 is 19.0 Å². The molecule has 1 heterocycles. The van der Waals surface area contributed by atoms with Crippen LogP contribution < -0.4 is 14.2 Å². The zero-order valence-electron chi connectivity index (χ0n) is 16.6. The van der Waals surface area contributed by atoms with E-state index in [1.54, 1.807) is 26.2 Å². The van der Waals surface area contributed by atoms with Crippen molar-refractivity contribution in [3.8, 4) is 17.2 Å². The minimum Gasteiger partial charge on any atom is -0.497 e. The first-order chi connectivity index (χ1) is 14.0. The molecule has 0 N–H and O–H groups in total. The van der Waals surface area contributed by atoms with Gasteiger partial charge in [0.15, 0.2) is 16.7 Å². The van der Waals surface area contributed by atoms with Gasteiger partial charge >= 0.3 is 0 Å². The van der Waals surface area contributed by atoms with Crippen molar-refractivity contribution in [1.82, 2.24) is 4.90 Å². The second-order valence-electron chi connectivity index (χ2n) is 6.02. The minimum atomic E-state index is -0.109. The molecule has 1 saturated heterocycles. The van der Waals surface area contributed by atoms with Gasteiger partial charge in [-0.3, -0.25) is 9.69 Å². The second kappa shape index (κ2) is 9.37. The number of hydrogen-bond acceptors (Lipinski definition) is 6. The molecular weight excluding hydrogens is 456 g/mol. The number of carbonyl (C=O) groups is 1. The van der Waals surface area contributed by atoms with Gasteiger partial charge in [0.2, 0.25) is 0 Å². The molecule has 0 atom stereocenters. The van der Waals surface area contributed by atoms with Crippen LogP contribution in [0.3, 0.4) is 0 Å². The summed E-state index contributed by atoms with van der Waals surface area (Å²) in [5.41, 5.74) is 1.57. The van der Waals surface area contributed by atoms with Gasteiger partial charge in [0.05, 0.1) is 31.4 Å². The maximum Gasteiger partial charge on any atom is 0.266 e. The number of benzene rings is 2. The van der Waals surface area contributed by atoms with Gasteiger partial charge in [-0.2, -0.15) is 0 Å². The fourth-order valence-electron chi connectivity index (χ4n) is 2.65. The summed E-state index contributed by atoms with van der Waals surface area (Å²) in [6.07, 6.45) is 1.82. The van der Waals surface area contributed by atoms with Crippen LogP contribution in [0.25, 0.3) is 6.08 Å². The number of ether oxygens (including phenoxy) is 3. The molecule has 0 bridgehead atoms. The smallest absolute Gasteiger partial charge is 0.266 e. The SMILES string of the molecule is CCOc1cc(Br)c(/C=C2\SC(=Nc3ccc(OC)cc3)N(C)C2=O)cc1OC. The third-order valence-electron chi connectivity index (χ3n) is 4.17. The molecule has 1 amide bonds. The van der Waals surface area contributed by atoms with Crippen molar-refractivity contribution in [1.29, 1.82) is 0 Å². The Morgan fingerprint density at radius 3 is 2.48 bits per heavy atom. The average Bonchev–Trinajstić information content (AvgIpc) is 2.98. The molecule has 29 heavy (non-hydrogen) atoms. The van der Waals surface area contributed by atoms with E-state index < -0.39 is 0 Å². The fourth-order valence-corrected chi connectivity index (χ4v) is 4.06. The summed E-state index contributed by atoms with van der Waals surface area (Å²) < 4.78 is 17.0. The van der Waals surface area contributed by atoms with Crippen LogP contribution >= 0.6 is 27.7 Å². The molecule has 1 fully saturated rings. The number of nitrogens with zero attached hydrogens (tertiary/aromatic N) is 2. The number of hydrogen-bond donors (Lipinski definition) is 0. The highest BCUT2D eigenvalue weighted by molar-refractivity contribution is 9.10. The Kier molecular flexibility index (Phi) is 6.87. The van der Waals surface area contributed by atoms with Crippen LogP contribution in [0.5, 0.6) is 17.2 Å². The van der Waals surface area contributed by atoms with E-state index in [0.717, 1.165) is 21.5 Å². The Morgan fingerprint density at radius 1 is 1.14 bits per heavy atom. The maximum atomic E-state index is 12.7. The predicted octanol–water partition coefficient (Wildman–Crippen LogP) is 5.10. The van der Waals surface area contributed by atoms with Gasteiger partial charge in [-0.15, -0.1) is 0 Å². The summed E-state index contributed by atoms with van der Waals surface area (Å²) in [6.45, 7) is 2.45. The quantitative estimate of drug-likeness (QED) is 0.542. The number of aliphatic imine (C=N–C) groups is 1. The maximum absolute atomic E-state index is 12.7. The lowest BCUT2D eigenvalue weighted by atomic mass is 10.2. The summed E-state index contributed by atoms with van der Waals surface area (Å²) in [6, 6.07) is 11.0. The molecule has 0 unspecified atom stereocenters. The van der Waals surface area contributed by atoms with E-state index in [4.69, 9.17) is 14.2 Å². The van der Waals surface area contributed by atoms with Crippen molar-refractivity contribution >= 4 is 50.5 Å². The highest BCUT2D eigenvalue weighted by Crippen LogP contribution is 2.38. The summed E-state index contributed by atoms with van der Waals surface area (Å²) in [5.74, 6) is 1.90. The summed E-state index contributed by atoms with van der Waals surface area (Å²) in [7, 11) is 4.92. The third-order valence-corrected chi connectivity index (χ3v) is 5.92. The van der Waals surface area contributed by atoms with Crippen LogP contribution in [-0.4, -0.2) is 43.8 Å². The molecule has 2 aromatic rings. The van der Waals surface area contributed by atoms with Gasteiger partial charge in [-0.25, -0.2) is 4.99 Å². The van der Waals surface area contributed by atoms with E-state index in [-0.39, 0.29) is 5.91 Å². The molecule has 0 saturated carbocycles. The van der Waals surface area contributed by atoms with Crippen LogP contribution in [0, 0.1) is 0 Å². The van der Waals surface area contributed by atoms with E-state index in [2.05, 4.69) is 20.9 Å².